The maximum Gasteiger partial charge on any atom is 0.256 e. The number of aromatic nitrogens is 2. The van der Waals surface area contributed by atoms with Gasteiger partial charge in [-0.2, -0.15) is 0 Å². The molecular weight excluding hydrogens is 453 g/mol. The zero-order chi connectivity index (χ0) is 18.8. The van der Waals surface area contributed by atoms with Crippen molar-refractivity contribution >= 4 is 45.2 Å². The highest BCUT2D eigenvalue weighted by Crippen LogP contribution is 2.23. The first-order valence-corrected chi connectivity index (χ1v) is 9.41. The summed E-state index contributed by atoms with van der Waals surface area (Å²) >= 11 is 2.16. The van der Waals surface area contributed by atoms with E-state index in [0.717, 1.165) is 31.7 Å². The Hall–Kier alpha value is -2.87. The number of benzene rings is 3. The van der Waals surface area contributed by atoms with Crippen molar-refractivity contribution in [3.05, 3.63) is 82.2 Å². The number of nitrogens with zero attached hydrogens (tertiary/aromatic N) is 2. The highest BCUT2D eigenvalue weighted by Gasteiger charge is 2.10. The van der Waals surface area contributed by atoms with E-state index in [1.165, 1.54) is 0 Å². The summed E-state index contributed by atoms with van der Waals surface area (Å²) in [6.07, 6.45) is 1.78. The largest absolute Gasteiger partial charge is 0.497 e. The Bertz CT molecular complexity index is 1120. The minimum absolute atomic E-state index is 0.118. The Morgan fingerprint density at radius 2 is 1.85 bits per heavy atom. The highest BCUT2D eigenvalue weighted by atomic mass is 127. The summed E-state index contributed by atoms with van der Waals surface area (Å²) in [5.41, 5.74) is 4.23. The minimum Gasteiger partial charge on any atom is -0.497 e. The molecule has 0 saturated carbocycles. The van der Waals surface area contributed by atoms with E-state index >= 15 is 0 Å². The molecule has 0 fully saturated rings. The zero-order valence-electron chi connectivity index (χ0n) is 14.5. The molecule has 1 heterocycles. The van der Waals surface area contributed by atoms with Gasteiger partial charge in [0.2, 0.25) is 0 Å². The van der Waals surface area contributed by atoms with Crippen molar-refractivity contribution in [3.8, 4) is 11.4 Å². The number of nitrogens with one attached hydrogen (secondary N) is 1. The third-order valence-corrected chi connectivity index (χ3v) is 5.22. The number of halogens is 1. The second-order valence-electron chi connectivity index (χ2n) is 5.95. The van der Waals surface area contributed by atoms with Gasteiger partial charge in [-0.25, -0.2) is 4.98 Å². The van der Waals surface area contributed by atoms with E-state index in [1.54, 1.807) is 13.4 Å². The summed E-state index contributed by atoms with van der Waals surface area (Å²) < 4.78 is 8.17. The molecule has 3 aromatic carbocycles. The molecule has 4 rings (SSSR count). The van der Waals surface area contributed by atoms with Crippen LogP contribution in [0.5, 0.6) is 5.75 Å². The van der Waals surface area contributed by atoms with Gasteiger partial charge in [0.25, 0.3) is 5.91 Å². The molecule has 1 N–H and O–H groups in total. The molecule has 0 aliphatic carbocycles. The summed E-state index contributed by atoms with van der Waals surface area (Å²) in [4.78, 5) is 16.9. The van der Waals surface area contributed by atoms with Gasteiger partial charge < -0.3 is 10.1 Å². The van der Waals surface area contributed by atoms with Gasteiger partial charge in [-0.3, -0.25) is 9.36 Å². The van der Waals surface area contributed by atoms with Crippen molar-refractivity contribution in [2.45, 2.75) is 0 Å². The van der Waals surface area contributed by atoms with E-state index in [4.69, 9.17) is 4.74 Å². The van der Waals surface area contributed by atoms with Crippen LogP contribution in [0.2, 0.25) is 0 Å². The number of anilines is 1. The normalized spacial score (nSPS) is 10.7. The molecule has 1 aromatic heterocycles. The van der Waals surface area contributed by atoms with Crippen LogP contribution in [0.15, 0.2) is 73.1 Å². The molecule has 27 heavy (non-hydrogen) atoms. The fourth-order valence-corrected chi connectivity index (χ4v) is 3.51. The fraction of sp³-hybridized carbons (Fsp3) is 0.0476. The molecule has 4 aromatic rings. The van der Waals surface area contributed by atoms with E-state index in [2.05, 4.69) is 32.9 Å². The van der Waals surface area contributed by atoms with E-state index in [9.17, 15) is 4.79 Å². The van der Waals surface area contributed by atoms with Gasteiger partial charge >= 0.3 is 0 Å². The summed E-state index contributed by atoms with van der Waals surface area (Å²) in [7, 11) is 1.64. The molecular formula is C21H16IN3O2. The number of rotatable bonds is 4. The standard InChI is InChI=1S/C21H16IN3O2/c1-27-16-10-11-20-19(12-16)23-13-25(20)15-8-6-14(7-9-15)24-21(26)17-4-2-3-5-18(17)22/h2-13H,1H3,(H,24,26). The maximum atomic E-state index is 12.4. The van der Waals surface area contributed by atoms with E-state index in [1.807, 2.05) is 71.3 Å². The van der Waals surface area contributed by atoms with Crippen LogP contribution in [0.4, 0.5) is 5.69 Å². The Labute approximate surface area is 170 Å². The number of hydrogen-bond donors (Lipinski definition) is 1. The second kappa shape index (κ2) is 7.40. The SMILES string of the molecule is COc1ccc2c(c1)ncn2-c1ccc(NC(=O)c2ccccc2I)cc1. The molecule has 0 unspecified atom stereocenters. The number of carbonyl (C=O) groups excluding carboxylic acids is 1. The molecule has 0 saturated heterocycles. The number of ether oxygens (including phenoxy) is 1. The first-order chi connectivity index (χ1) is 13.2. The third kappa shape index (κ3) is 3.52. The maximum absolute atomic E-state index is 12.4. The second-order valence-corrected chi connectivity index (χ2v) is 7.11. The lowest BCUT2D eigenvalue weighted by Gasteiger charge is -2.09. The summed E-state index contributed by atoms with van der Waals surface area (Å²) in [6.45, 7) is 0. The van der Waals surface area contributed by atoms with E-state index in [-0.39, 0.29) is 5.91 Å². The van der Waals surface area contributed by atoms with Gasteiger partial charge in [0, 0.05) is 21.0 Å². The molecule has 0 bridgehead atoms. The average Bonchev–Trinajstić information content (AvgIpc) is 3.12. The topological polar surface area (TPSA) is 56.1 Å². The Kier molecular flexibility index (Phi) is 4.81. The lowest BCUT2D eigenvalue weighted by Crippen LogP contribution is -2.13. The number of carbonyl (C=O) groups is 1. The molecule has 1 amide bonds. The van der Waals surface area contributed by atoms with Crippen molar-refractivity contribution in [1.82, 2.24) is 9.55 Å². The molecule has 0 spiro atoms. The first-order valence-electron chi connectivity index (χ1n) is 8.33. The number of fused-ring (bicyclic) bond motifs is 1. The zero-order valence-corrected chi connectivity index (χ0v) is 16.7. The van der Waals surface area contributed by atoms with Gasteiger partial charge in [-0.1, -0.05) is 12.1 Å². The highest BCUT2D eigenvalue weighted by molar-refractivity contribution is 14.1. The number of amides is 1. The van der Waals surface area contributed by atoms with Crippen LogP contribution < -0.4 is 10.1 Å². The predicted octanol–water partition coefficient (Wildman–Crippen LogP) is 4.89. The molecule has 0 aliphatic heterocycles. The number of methoxy groups -OCH3 is 1. The summed E-state index contributed by atoms with van der Waals surface area (Å²) in [5, 5.41) is 2.94. The van der Waals surface area contributed by atoms with Crippen LogP contribution in [-0.2, 0) is 0 Å². The monoisotopic (exact) mass is 469 g/mol. The van der Waals surface area contributed by atoms with Crippen LogP contribution in [0.3, 0.4) is 0 Å². The lowest BCUT2D eigenvalue weighted by molar-refractivity contribution is 0.102. The van der Waals surface area contributed by atoms with Crippen molar-refractivity contribution in [2.75, 3.05) is 12.4 Å². The molecule has 6 heteroatoms. The van der Waals surface area contributed by atoms with Crippen molar-refractivity contribution < 1.29 is 9.53 Å². The van der Waals surface area contributed by atoms with Crippen LogP contribution in [0.1, 0.15) is 10.4 Å². The van der Waals surface area contributed by atoms with Crippen LogP contribution in [0.25, 0.3) is 16.7 Å². The summed E-state index contributed by atoms with van der Waals surface area (Å²) in [5.74, 6) is 0.661. The molecule has 0 atom stereocenters. The first kappa shape index (κ1) is 17.5. The van der Waals surface area contributed by atoms with Crippen molar-refractivity contribution in [3.63, 3.8) is 0 Å². The quantitative estimate of drug-likeness (QED) is 0.433. The Balaban J connectivity index is 1.58. The van der Waals surface area contributed by atoms with Crippen LogP contribution in [-0.4, -0.2) is 22.6 Å². The molecule has 0 aliphatic rings. The molecule has 134 valence electrons. The van der Waals surface area contributed by atoms with Gasteiger partial charge in [0.05, 0.1) is 23.7 Å². The van der Waals surface area contributed by atoms with E-state index in [0.29, 0.717) is 5.56 Å². The molecule has 5 nitrogen and oxygen atoms in total. The van der Waals surface area contributed by atoms with Crippen LogP contribution >= 0.6 is 22.6 Å². The Morgan fingerprint density at radius 3 is 2.59 bits per heavy atom. The summed E-state index contributed by atoms with van der Waals surface area (Å²) in [6, 6.07) is 21.0. The van der Waals surface area contributed by atoms with Crippen molar-refractivity contribution in [1.29, 1.82) is 0 Å². The third-order valence-electron chi connectivity index (χ3n) is 4.28. The van der Waals surface area contributed by atoms with Gasteiger partial charge in [0.15, 0.2) is 0 Å². The number of imidazole rings is 1. The lowest BCUT2D eigenvalue weighted by atomic mass is 10.2. The minimum atomic E-state index is -0.118. The molecule has 0 radical (unpaired) electrons. The predicted molar refractivity (Wildman–Crippen MR) is 115 cm³/mol. The smallest absolute Gasteiger partial charge is 0.256 e. The Morgan fingerprint density at radius 1 is 1.07 bits per heavy atom. The number of hydrogen-bond acceptors (Lipinski definition) is 3. The van der Waals surface area contributed by atoms with Gasteiger partial charge in [-0.05, 0) is 71.1 Å². The average molecular weight is 469 g/mol. The van der Waals surface area contributed by atoms with Crippen molar-refractivity contribution in [2.24, 2.45) is 0 Å². The van der Waals surface area contributed by atoms with Gasteiger partial charge in [0.1, 0.15) is 12.1 Å². The van der Waals surface area contributed by atoms with E-state index < -0.39 is 0 Å². The fourth-order valence-electron chi connectivity index (χ4n) is 2.87. The van der Waals surface area contributed by atoms with Crippen LogP contribution in [0, 0.1) is 3.57 Å². The van der Waals surface area contributed by atoms with Gasteiger partial charge in [-0.15, -0.1) is 0 Å².